The Balaban J connectivity index is 1.36. The van der Waals surface area contributed by atoms with Gasteiger partial charge in [0.15, 0.2) is 0 Å². The SMILES string of the molecule is CN1CCN(Cc2ccc(C(=O)N3CCCC(c4ccn[nH]4)C3)cc2)CC1. The molecule has 1 aromatic carbocycles. The van der Waals surface area contributed by atoms with E-state index in [1.165, 1.54) is 5.56 Å². The molecule has 3 heterocycles. The van der Waals surface area contributed by atoms with Crippen molar-refractivity contribution in [1.82, 2.24) is 24.9 Å². The Bertz CT molecular complexity index is 734. The number of piperazine rings is 1. The molecule has 1 unspecified atom stereocenters. The predicted octanol–water partition coefficient (Wildman–Crippen LogP) is 2.18. The van der Waals surface area contributed by atoms with E-state index in [1.807, 2.05) is 23.1 Å². The van der Waals surface area contributed by atoms with Crippen molar-refractivity contribution in [2.24, 2.45) is 0 Å². The molecule has 144 valence electrons. The standard InChI is InChI=1S/C21H29N5O/c1-24-11-13-25(14-12-24)15-17-4-6-18(7-5-17)21(27)26-10-2-3-19(16-26)20-8-9-22-23-20/h4-9,19H,2-3,10-16H2,1H3,(H,22,23). The first-order valence-corrected chi connectivity index (χ1v) is 9.97. The molecule has 2 aliphatic rings. The van der Waals surface area contributed by atoms with E-state index in [4.69, 9.17) is 0 Å². The van der Waals surface area contributed by atoms with Crippen LogP contribution in [0.2, 0.25) is 0 Å². The van der Waals surface area contributed by atoms with Gasteiger partial charge < -0.3 is 9.80 Å². The number of rotatable bonds is 4. The smallest absolute Gasteiger partial charge is 0.253 e. The van der Waals surface area contributed by atoms with Gasteiger partial charge in [0.1, 0.15) is 0 Å². The van der Waals surface area contributed by atoms with Crippen molar-refractivity contribution in [1.29, 1.82) is 0 Å². The van der Waals surface area contributed by atoms with E-state index in [2.05, 4.69) is 39.2 Å². The van der Waals surface area contributed by atoms with Crippen molar-refractivity contribution >= 4 is 5.91 Å². The van der Waals surface area contributed by atoms with Crippen LogP contribution in [0.25, 0.3) is 0 Å². The van der Waals surface area contributed by atoms with Gasteiger partial charge in [0.05, 0.1) is 0 Å². The number of piperidine rings is 1. The third-order valence-electron chi connectivity index (χ3n) is 5.87. The van der Waals surface area contributed by atoms with Crippen LogP contribution in [0.4, 0.5) is 0 Å². The molecule has 1 amide bonds. The highest BCUT2D eigenvalue weighted by atomic mass is 16.2. The maximum atomic E-state index is 12.9. The number of H-pyrrole nitrogens is 1. The first-order chi connectivity index (χ1) is 13.2. The Kier molecular flexibility index (Phi) is 5.55. The van der Waals surface area contributed by atoms with Crippen molar-refractivity contribution in [3.63, 3.8) is 0 Å². The lowest BCUT2D eigenvalue weighted by atomic mass is 9.94. The number of aromatic amines is 1. The number of amides is 1. The second kappa shape index (κ2) is 8.23. The van der Waals surface area contributed by atoms with Crippen molar-refractivity contribution in [3.05, 3.63) is 53.3 Å². The molecule has 0 bridgehead atoms. The second-order valence-corrected chi connectivity index (χ2v) is 7.88. The molecule has 2 fully saturated rings. The Labute approximate surface area is 161 Å². The molecule has 0 saturated carbocycles. The van der Waals surface area contributed by atoms with Crippen LogP contribution in [0.5, 0.6) is 0 Å². The third-order valence-corrected chi connectivity index (χ3v) is 5.87. The first-order valence-electron chi connectivity index (χ1n) is 9.97. The number of carbonyl (C=O) groups excluding carboxylic acids is 1. The number of nitrogens with one attached hydrogen (secondary N) is 1. The highest BCUT2D eigenvalue weighted by Gasteiger charge is 2.26. The largest absolute Gasteiger partial charge is 0.338 e. The molecule has 2 aromatic rings. The van der Waals surface area contributed by atoms with E-state index < -0.39 is 0 Å². The lowest BCUT2D eigenvalue weighted by Crippen LogP contribution is -2.43. The van der Waals surface area contributed by atoms with E-state index in [1.54, 1.807) is 6.20 Å². The van der Waals surface area contributed by atoms with Gasteiger partial charge in [-0.25, -0.2) is 0 Å². The summed E-state index contributed by atoms with van der Waals surface area (Å²) in [5, 5.41) is 7.11. The maximum Gasteiger partial charge on any atom is 0.253 e. The molecule has 4 rings (SSSR count). The molecule has 6 heteroatoms. The number of aromatic nitrogens is 2. The van der Waals surface area contributed by atoms with Crippen LogP contribution >= 0.6 is 0 Å². The van der Waals surface area contributed by atoms with E-state index in [-0.39, 0.29) is 5.91 Å². The van der Waals surface area contributed by atoms with Gasteiger partial charge in [-0.15, -0.1) is 0 Å². The summed E-state index contributed by atoms with van der Waals surface area (Å²) in [5.41, 5.74) is 3.21. The number of likely N-dealkylation sites (tertiary alicyclic amines) is 1. The number of likely N-dealkylation sites (N-methyl/N-ethyl adjacent to an activating group) is 1. The summed E-state index contributed by atoms with van der Waals surface area (Å²) < 4.78 is 0. The zero-order valence-corrected chi connectivity index (χ0v) is 16.1. The number of benzene rings is 1. The minimum Gasteiger partial charge on any atom is -0.338 e. The molecule has 0 radical (unpaired) electrons. The summed E-state index contributed by atoms with van der Waals surface area (Å²) in [6, 6.07) is 10.2. The number of nitrogens with zero attached hydrogens (tertiary/aromatic N) is 4. The first kappa shape index (κ1) is 18.2. The lowest BCUT2D eigenvalue weighted by molar-refractivity contribution is 0.0706. The van der Waals surface area contributed by atoms with Gasteiger partial charge in [0.25, 0.3) is 5.91 Å². The number of carbonyl (C=O) groups is 1. The molecule has 6 nitrogen and oxygen atoms in total. The Morgan fingerprint density at radius 2 is 1.89 bits per heavy atom. The van der Waals surface area contributed by atoms with Crippen molar-refractivity contribution in [2.75, 3.05) is 46.3 Å². The maximum absolute atomic E-state index is 12.9. The van der Waals surface area contributed by atoms with Gasteiger partial charge in [-0.05, 0) is 43.7 Å². The highest BCUT2D eigenvalue weighted by Crippen LogP contribution is 2.26. The zero-order valence-electron chi connectivity index (χ0n) is 16.1. The van der Waals surface area contributed by atoms with E-state index >= 15 is 0 Å². The monoisotopic (exact) mass is 367 g/mol. The third kappa shape index (κ3) is 4.39. The van der Waals surface area contributed by atoms with Crippen LogP contribution in [0.15, 0.2) is 36.5 Å². The van der Waals surface area contributed by atoms with Gasteiger partial charge >= 0.3 is 0 Å². The van der Waals surface area contributed by atoms with Crippen LogP contribution in [-0.4, -0.2) is 77.1 Å². The van der Waals surface area contributed by atoms with Crippen LogP contribution in [0.1, 0.15) is 40.4 Å². The Morgan fingerprint density at radius 3 is 2.59 bits per heavy atom. The quantitative estimate of drug-likeness (QED) is 0.900. The number of hydrogen-bond acceptors (Lipinski definition) is 4. The van der Waals surface area contributed by atoms with Crippen LogP contribution < -0.4 is 0 Å². The van der Waals surface area contributed by atoms with Gasteiger partial charge in [0.2, 0.25) is 0 Å². The van der Waals surface area contributed by atoms with Crippen molar-refractivity contribution < 1.29 is 4.79 Å². The van der Waals surface area contributed by atoms with E-state index in [0.29, 0.717) is 5.92 Å². The molecule has 1 aromatic heterocycles. The molecule has 27 heavy (non-hydrogen) atoms. The molecular weight excluding hydrogens is 338 g/mol. The van der Waals surface area contributed by atoms with Crippen LogP contribution in [0, 0.1) is 0 Å². The van der Waals surface area contributed by atoms with Crippen molar-refractivity contribution in [3.8, 4) is 0 Å². The molecule has 0 spiro atoms. The average molecular weight is 367 g/mol. The fraction of sp³-hybridized carbons (Fsp3) is 0.524. The van der Waals surface area contributed by atoms with Crippen LogP contribution in [0.3, 0.4) is 0 Å². The zero-order chi connectivity index (χ0) is 18.6. The van der Waals surface area contributed by atoms with E-state index in [9.17, 15) is 4.79 Å². The highest BCUT2D eigenvalue weighted by molar-refractivity contribution is 5.94. The lowest BCUT2D eigenvalue weighted by Gasteiger charge is -2.33. The molecule has 2 aliphatic heterocycles. The Hall–Kier alpha value is -2.18. The van der Waals surface area contributed by atoms with Gasteiger partial charge in [0, 0.05) is 69.2 Å². The average Bonchev–Trinajstić information content (AvgIpc) is 3.25. The molecule has 2 saturated heterocycles. The minimum absolute atomic E-state index is 0.144. The van der Waals surface area contributed by atoms with Gasteiger partial charge in [-0.2, -0.15) is 5.10 Å². The van der Waals surface area contributed by atoms with Crippen LogP contribution in [-0.2, 0) is 6.54 Å². The number of hydrogen-bond donors (Lipinski definition) is 1. The second-order valence-electron chi connectivity index (χ2n) is 7.88. The molecule has 1 atom stereocenters. The Morgan fingerprint density at radius 1 is 1.11 bits per heavy atom. The summed E-state index contributed by atoms with van der Waals surface area (Å²) in [6.07, 6.45) is 3.93. The summed E-state index contributed by atoms with van der Waals surface area (Å²) in [6.45, 7) is 7.05. The molecule has 1 N–H and O–H groups in total. The van der Waals surface area contributed by atoms with E-state index in [0.717, 1.165) is 69.9 Å². The van der Waals surface area contributed by atoms with Crippen molar-refractivity contribution in [2.45, 2.75) is 25.3 Å². The summed E-state index contributed by atoms with van der Waals surface area (Å²) in [4.78, 5) is 19.8. The summed E-state index contributed by atoms with van der Waals surface area (Å²) >= 11 is 0. The summed E-state index contributed by atoms with van der Waals surface area (Å²) in [5.74, 6) is 0.507. The fourth-order valence-electron chi connectivity index (χ4n) is 4.11. The molecular formula is C21H29N5O. The predicted molar refractivity (Wildman–Crippen MR) is 106 cm³/mol. The van der Waals surface area contributed by atoms with Gasteiger partial charge in [-0.3, -0.25) is 14.8 Å². The topological polar surface area (TPSA) is 55.5 Å². The molecule has 0 aliphatic carbocycles. The minimum atomic E-state index is 0.144. The van der Waals surface area contributed by atoms with Gasteiger partial charge in [-0.1, -0.05) is 12.1 Å². The fourth-order valence-corrected chi connectivity index (χ4v) is 4.11. The normalized spacial score (nSPS) is 22.1. The summed E-state index contributed by atoms with van der Waals surface area (Å²) in [7, 11) is 2.18.